The highest BCUT2D eigenvalue weighted by atomic mass is 19.3. The molecular formula is C6H9F4NO. The Kier molecular flexibility index (Phi) is 2.31. The zero-order valence-corrected chi connectivity index (χ0v) is 6.41. The van der Waals surface area contributed by atoms with Crippen LogP contribution in [0.3, 0.4) is 0 Å². The molecule has 0 spiro atoms. The van der Waals surface area contributed by atoms with E-state index in [0.717, 1.165) is 7.05 Å². The molecular weight excluding hydrogens is 178 g/mol. The first kappa shape index (κ1) is 9.73. The van der Waals surface area contributed by atoms with E-state index >= 15 is 0 Å². The molecule has 0 bridgehead atoms. The van der Waals surface area contributed by atoms with Crippen molar-refractivity contribution in [2.24, 2.45) is 5.92 Å². The molecule has 1 rings (SSSR count). The molecule has 0 radical (unpaired) electrons. The summed E-state index contributed by atoms with van der Waals surface area (Å²) in [5.41, 5.74) is 0. The average molecular weight is 187 g/mol. The maximum absolute atomic E-state index is 12.2. The highest BCUT2D eigenvalue weighted by molar-refractivity contribution is 4.94. The van der Waals surface area contributed by atoms with Gasteiger partial charge in [-0.2, -0.15) is 8.78 Å². The second-order valence-corrected chi connectivity index (χ2v) is 2.74. The SMILES string of the molecule is CNC(F)(F)OCC1CC1(F)F. The smallest absolute Gasteiger partial charge is 0.306 e. The molecule has 0 saturated heterocycles. The highest BCUT2D eigenvalue weighted by Gasteiger charge is 2.57. The maximum atomic E-state index is 12.2. The van der Waals surface area contributed by atoms with E-state index in [9.17, 15) is 17.6 Å². The zero-order chi connectivity index (χ0) is 9.41. The van der Waals surface area contributed by atoms with Gasteiger partial charge in [0.1, 0.15) is 0 Å². The lowest BCUT2D eigenvalue weighted by Gasteiger charge is -2.14. The minimum atomic E-state index is -3.50. The lowest BCUT2D eigenvalue weighted by molar-refractivity contribution is -0.259. The van der Waals surface area contributed by atoms with E-state index in [-0.39, 0.29) is 6.42 Å². The summed E-state index contributed by atoms with van der Waals surface area (Å²) in [6.45, 7) is -0.610. The van der Waals surface area contributed by atoms with Crippen LogP contribution in [0.2, 0.25) is 0 Å². The zero-order valence-electron chi connectivity index (χ0n) is 6.41. The number of ether oxygens (including phenoxy) is 1. The van der Waals surface area contributed by atoms with Gasteiger partial charge in [-0.25, -0.2) is 14.1 Å². The van der Waals surface area contributed by atoms with Gasteiger partial charge < -0.3 is 4.74 Å². The van der Waals surface area contributed by atoms with Crippen LogP contribution in [0.25, 0.3) is 0 Å². The maximum Gasteiger partial charge on any atom is 0.421 e. The fraction of sp³-hybridized carbons (Fsp3) is 1.00. The van der Waals surface area contributed by atoms with Crippen LogP contribution in [-0.4, -0.2) is 25.8 Å². The van der Waals surface area contributed by atoms with Crippen molar-refractivity contribution in [3.63, 3.8) is 0 Å². The number of hydrogen-bond donors (Lipinski definition) is 1. The Labute approximate surface area is 66.9 Å². The van der Waals surface area contributed by atoms with Crippen LogP contribution in [0, 0.1) is 5.92 Å². The van der Waals surface area contributed by atoms with Gasteiger partial charge in [0.25, 0.3) is 5.92 Å². The molecule has 0 aromatic rings. The molecule has 12 heavy (non-hydrogen) atoms. The molecule has 6 heteroatoms. The third-order valence-corrected chi connectivity index (χ3v) is 1.71. The van der Waals surface area contributed by atoms with Crippen LogP contribution in [0.1, 0.15) is 6.42 Å². The second-order valence-electron chi connectivity index (χ2n) is 2.74. The van der Waals surface area contributed by atoms with Crippen LogP contribution in [0.5, 0.6) is 0 Å². The average Bonchev–Trinajstić information content (AvgIpc) is 2.56. The molecule has 1 N–H and O–H groups in total. The van der Waals surface area contributed by atoms with Crippen LogP contribution >= 0.6 is 0 Å². The predicted octanol–water partition coefficient (Wildman–Crippen LogP) is 1.43. The van der Waals surface area contributed by atoms with E-state index in [1.54, 1.807) is 5.32 Å². The molecule has 0 aromatic heterocycles. The van der Waals surface area contributed by atoms with Gasteiger partial charge in [0, 0.05) is 6.42 Å². The summed E-state index contributed by atoms with van der Waals surface area (Å²) in [4.78, 5) is 0. The Morgan fingerprint density at radius 3 is 2.42 bits per heavy atom. The summed E-state index contributed by atoms with van der Waals surface area (Å²) >= 11 is 0. The molecule has 0 amide bonds. The van der Waals surface area contributed by atoms with Crippen LogP contribution in [0.15, 0.2) is 0 Å². The first-order valence-corrected chi connectivity index (χ1v) is 3.46. The van der Waals surface area contributed by atoms with Gasteiger partial charge in [0.2, 0.25) is 0 Å². The van der Waals surface area contributed by atoms with Gasteiger partial charge in [-0.3, -0.25) is 0 Å². The minimum Gasteiger partial charge on any atom is -0.306 e. The number of rotatable bonds is 4. The normalized spacial score (nSPS) is 27.2. The lowest BCUT2D eigenvalue weighted by atomic mass is 10.4. The Morgan fingerprint density at radius 1 is 1.58 bits per heavy atom. The summed E-state index contributed by atoms with van der Waals surface area (Å²) in [5, 5.41) is 1.55. The van der Waals surface area contributed by atoms with E-state index < -0.39 is 24.7 Å². The number of hydrogen-bond acceptors (Lipinski definition) is 2. The topological polar surface area (TPSA) is 21.3 Å². The number of nitrogens with one attached hydrogen (secondary N) is 1. The van der Waals surface area contributed by atoms with E-state index in [0.29, 0.717) is 0 Å². The fourth-order valence-corrected chi connectivity index (χ4v) is 0.728. The van der Waals surface area contributed by atoms with Gasteiger partial charge >= 0.3 is 6.23 Å². The van der Waals surface area contributed by atoms with Gasteiger partial charge in [0.15, 0.2) is 0 Å². The molecule has 1 atom stereocenters. The van der Waals surface area contributed by atoms with Crippen LogP contribution < -0.4 is 5.32 Å². The van der Waals surface area contributed by atoms with E-state index in [2.05, 4.69) is 4.74 Å². The van der Waals surface area contributed by atoms with Crippen LogP contribution in [0.4, 0.5) is 17.6 Å². The van der Waals surface area contributed by atoms with Crippen molar-refractivity contribution in [1.82, 2.24) is 5.32 Å². The first-order chi connectivity index (χ1) is 5.37. The summed E-state index contributed by atoms with van der Waals surface area (Å²) < 4.78 is 52.6. The molecule has 1 saturated carbocycles. The van der Waals surface area contributed by atoms with Crippen molar-refractivity contribution >= 4 is 0 Å². The van der Waals surface area contributed by atoms with Gasteiger partial charge in [-0.05, 0) is 7.05 Å². The summed E-state index contributed by atoms with van der Waals surface area (Å²) in [5.74, 6) is -3.85. The molecule has 1 aliphatic carbocycles. The summed E-state index contributed by atoms with van der Waals surface area (Å²) in [6, 6.07) is 0. The summed E-state index contributed by atoms with van der Waals surface area (Å²) in [7, 11) is 0.991. The van der Waals surface area contributed by atoms with E-state index in [4.69, 9.17) is 0 Å². The van der Waals surface area contributed by atoms with Crippen molar-refractivity contribution in [3.8, 4) is 0 Å². The molecule has 72 valence electrons. The molecule has 0 aromatic carbocycles. The largest absolute Gasteiger partial charge is 0.421 e. The molecule has 2 nitrogen and oxygen atoms in total. The monoisotopic (exact) mass is 187 g/mol. The molecule has 1 fully saturated rings. The lowest BCUT2D eigenvalue weighted by Crippen LogP contribution is -2.36. The second kappa shape index (κ2) is 2.85. The first-order valence-electron chi connectivity index (χ1n) is 3.46. The van der Waals surface area contributed by atoms with Gasteiger partial charge in [-0.15, -0.1) is 0 Å². The molecule has 1 unspecified atom stereocenters. The Morgan fingerprint density at radius 2 is 2.08 bits per heavy atom. The van der Waals surface area contributed by atoms with Crippen molar-refractivity contribution in [3.05, 3.63) is 0 Å². The standard InChI is InChI=1S/C6H9F4NO/c1-11-6(9,10)12-3-4-2-5(4,7)8/h4,11H,2-3H2,1H3. The quantitative estimate of drug-likeness (QED) is 0.408. The third-order valence-electron chi connectivity index (χ3n) is 1.71. The molecule has 0 aliphatic heterocycles. The van der Waals surface area contributed by atoms with Gasteiger partial charge in [-0.1, -0.05) is 0 Å². The molecule has 0 heterocycles. The van der Waals surface area contributed by atoms with Gasteiger partial charge in [0.05, 0.1) is 12.5 Å². The fourth-order valence-electron chi connectivity index (χ4n) is 0.728. The Bertz CT molecular complexity index is 173. The van der Waals surface area contributed by atoms with E-state index in [1.807, 2.05) is 0 Å². The van der Waals surface area contributed by atoms with Crippen LogP contribution in [-0.2, 0) is 4.74 Å². The van der Waals surface area contributed by atoms with Crippen molar-refractivity contribution in [2.45, 2.75) is 18.6 Å². The minimum absolute atomic E-state index is 0.354. The molecule has 1 aliphatic rings. The Balaban J connectivity index is 2.19. The predicted molar refractivity (Wildman–Crippen MR) is 33.0 cm³/mol. The number of halogens is 4. The van der Waals surface area contributed by atoms with Crippen molar-refractivity contribution in [2.75, 3.05) is 13.7 Å². The van der Waals surface area contributed by atoms with Crippen molar-refractivity contribution in [1.29, 1.82) is 0 Å². The van der Waals surface area contributed by atoms with Crippen molar-refractivity contribution < 1.29 is 22.3 Å². The van der Waals surface area contributed by atoms with E-state index in [1.165, 1.54) is 0 Å². The third kappa shape index (κ3) is 2.31. The Hall–Kier alpha value is -0.360. The summed E-state index contributed by atoms with van der Waals surface area (Å²) in [6.07, 6.45) is -3.86. The number of alkyl halides is 4. The highest BCUT2D eigenvalue weighted by Crippen LogP contribution is 2.48.